The standard InChI is InChI=1S/C10H8IN3O3/c1-6-4-7(14(16)17)5-8(11)10(6)13-9(15)2-3-12/h4-5H,2H2,1H3,(H,13,15). The highest BCUT2D eigenvalue weighted by atomic mass is 127. The lowest BCUT2D eigenvalue weighted by atomic mass is 10.1. The summed E-state index contributed by atoms with van der Waals surface area (Å²) in [5.41, 5.74) is 1.08. The van der Waals surface area contributed by atoms with E-state index < -0.39 is 10.8 Å². The van der Waals surface area contributed by atoms with E-state index in [1.165, 1.54) is 12.1 Å². The van der Waals surface area contributed by atoms with Gasteiger partial charge in [0.25, 0.3) is 5.69 Å². The van der Waals surface area contributed by atoms with E-state index >= 15 is 0 Å². The van der Waals surface area contributed by atoms with Crippen LogP contribution in [-0.2, 0) is 4.79 Å². The van der Waals surface area contributed by atoms with Crippen LogP contribution in [-0.4, -0.2) is 10.8 Å². The van der Waals surface area contributed by atoms with Gasteiger partial charge in [-0.25, -0.2) is 0 Å². The van der Waals surface area contributed by atoms with Gasteiger partial charge in [-0.15, -0.1) is 0 Å². The molecule has 0 aliphatic heterocycles. The maximum Gasteiger partial charge on any atom is 0.270 e. The number of amides is 1. The summed E-state index contributed by atoms with van der Waals surface area (Å²) in [4.78, 5) is 21.4. The number of nitro benzene ring substituents is 1. The zero-order valence-corrected chi connectivity index (χ0v) is 11.0. The number of hydrogen-bond acceptors (Lipinski definition) is 4. The Bertz CT molecular complexity index is 499. The van der Waals surface area contributed by atoms with Crippen molar-refractivity contribution in [3.8, 4) is 6.07 Å². The summed E-state index contributed by atoms with van der Waals surface area (Å²) in [7, 11) is 0. The van der Waals surface area contributed by atoms with Gasteiger partial charge in [-0.1, -0.05) is 0 Å². The Balaban J connectivity index is 3.07. The lowest BCUT2D eigenvalue weighted by molar-refractivity contribution is -0.385. The fourth-order valence-corrected chi connectivity index (χ4v) is 2.12. The van der Waals surface area contributed by atoms with Gasteiger partial charge in [0.15, 0.2) is 0 Å². The van der Waals surface area contributed by atoms with E-state index in [0.717, 1.165) is 0 Å². The lowest BCUT2D eigenvalue weighted by Gasteiger charge is -2.09. The van der Waals surface area contributed by atoms with Crippen molar-refractivity contribution in [3.05, 3.63) is 31.4 Å². The third-order valence-corrected chi connectivity index (χ3v) is 2.84. The van der Waals surface area contributed by atoms with Crippen molar-refractivity contribution >= 4 is 39.9 Å². The number of nitrogens with one attached hydrogen (secondary N) is 1. The van der Waals surface area contributed by atoms with E-state index in [-0.39, 0.29) is 12.1 Å². The maximum absolute atomic E-state index is 11.3. The lowest BCUT2D eigenvalue weighted by Crippen LogP contribution is -2.12. The minimum absolute atomic E-state index is 0.0230. The number of nitrogens with zero attached hydrogens (tertiary/aromatic N) is 2. The van der Waals surface area contributed by atoms with Crippen LogP contribution in [0.15, 0.2) is 12.1 Å². The average molecular weight is 345 g/mol. The minimum Gasteiger partial charge on any atom is -0.324 e. The molecule has 0 radical (unpaired) electrons. The van der Waals surface area contributed by atoms with Crippen LogP contribution in [0.2, 0.25) is 0 Å². The molecule has 0 saturated carbocycles. The smallest absolute Gasteiger partial charge is 0.270 e. The van der Waals surface area contributed by atoms with Gasteiger partial charge in [-0.2, -0.15) is 5.26 Å². The number of carbonyl (C=O) groups excluding carboxylic acids is 1. The summed E-state index contributed by atoms with van der Waals surface area (Å²) in [5, 5.41) is 21.5. The summed E-state index contributed by atoms with van der Waals surface area (Å²) in [6.07, 6.45) is -0.244. The van der Waals surface area contributed by atoms with Crippen molar-refractivity contribution in [2.45, 2.75) is 13.3 Å². The molecule has 1 N–H and O–H groups in total. The number of hydrogen-bond donors (Lipinski definition) is 1. The zero-order valence-electron chi connectivity index (χ0n) is 8.86. The quantitative estimate of drug-likeness (QED) is 0.517. The summed E-state index contributed by atoms with van der Waals surface area (Å²) in [6, 6.07) is 4.48. The summed E-state index contributed by atoms with van der Waals surface area (Å²) >= 11 is 1.90. The summed E-state index contributed by atoms with van der Waals surface area (Å²) < 4.78 is 0.570. The van der Waals surface area contributed by atoms with Crippen LogP contribution in [0.5, 0.6) is 0 Å². The molecule has 0 fully saturated rings. The molecule has 1 amide bonds. The van der Waals surface area contributed by atoms with Gasteiger partial charge in [-0.05, 0) is 35.1 Å². The van der Waals surface area contributed by atoms with Crippen LogP contribution in [0.1, 0.15) is 12.0 Å². The molecule has 0 aliphatic rings. The molecule has 17 heavy (non-hydrogen) atoms. The fourth-order valence-electron chi connectivity index (χ4n) is 1.25. The Morgan fingerprint density at radius 3 is 2.76 bits per heavy atom. The topological polar surface area (TPSA) is 96.0 Å². The molecule has 1 aromatic carbocycles. The molecule has 0 unspecified atom stereocenters. The second-order valence-electron chi connectivity index (χ2n) is 3.26. The number of rotatable bonds is 3. The van der Waals surface area contributed by atoms with Crippen LogP contribution < -0.4 is 5.32 Å². The second-order valence-corrected chi connectivity index (χ2v) is 4.42. The predicted octanol–water partition coefficient (Wildman–Crippen LogP) is 2.36. The van der Waals surface area contributed by atoms with Crippen LogP contribution in [0.4, 0.5) is 11.4 Å². The van der Waals surface area contributed by atoms with E-state index in [2.05, 4.69) is 5.32 Å². The highest BCUT2D eigenvalue weighted by Crippen LogP contribution is 2.28. The number of anilines is 1. The Hall–Kier alpha value is -1.69. The van der Waals surface area contributed by atoms with Gasteiger partial charge in [-0.3, -0.25) is 14.9 Å². The number of benzene rings is 1. The molecule has 1 rings (SSSR count). The third kappa shape index (κ3) is 3.39. The number of nitro groups is 1. The van der Waals surface area contributed by atoms with E-state index in [1.54, 1.807) is 13.0 Å². The van der Waals surface area contributed by atoms with Gasteiger partial charge >= 0.3 is 0 Å². The largest absolute Gasteiger partial charge is 0.324 e. The first-order valence-corrected chi connectivity index (χ1v) is 5.65. The van der Waals surface area contributed by atoms with E-state index in [4.69, 9.17) is 5.26 Å². The van der Waals surface area contributed by atoms with Crippen LogP contribution in [0.3, 0.4) is 0 Å². The van der Waals surface area contributed by atoms with Crippen LogP contribution in [0.25, 0.3) is 0 Å². The number of halogens is 1. The molecule has 0 bridgehead atoms. The molecule has 6 nitrogen and oxygen atoms in total. The first-order valence-electron chi connectivity index (χ1n) is 4.57. The Morgan fingerprint density at radius 2 is 2.29 bits per heavy atom. The van der Waals surface area contributed by atoms with Gasteiger partial charge in [0.1, 0.15) is 6.42 Å². The van der Waals surface area contributed by atoms with Crippen molar-refractivity contribution in [1.29, 1.82) is 5.26 Å². The molecule has 0 heterocycles. The number of nitriles is 1. The number of carbonyl (C=O) groups is 1. The average Bonchev–Trinajstić information content (AvgIpc) is 2.23. The van der Waals surface area contributed by atoms with E-state index in [1.807, 2.05) is 22.6 Å². The van der Waals surface area contributed by atoms with E-state index in [0.29, 0.717) is 14.8 Å². The molecule has 7 heteroatoms. The monoisotopic (exact) mass is 345 g/mol. The summed E-state index contributed by atoms with van der Waals surface area (Å²) in [5.74, 6) is -0.428. The third-order valence-electron chi connectivity index (χ3n) is 1.99. The van der Waals surface area contributed by atoms with Crippen molar-refractivity contribution < 1.29 is 9.72 Å². The molecule has 88 valence electrons. The van der Waals surface area contributed by atoms with Gasteiger partial charge in [0, 0.05) is 15.7 Å². The number of non-ortho nitro benzene ring substituents is 1. The van der Waals surface area contributed by atoms with Crippen molar-refractivity contribution in [2.75, 3.05) is 5.32 Å². The molecular formula is C10H8IN3O3. The normalized spacial score (nSPS) is 9.47. The Labute approximate surface area is 111 Å². The van der Waals surface area contributed by atoms with Gasteiger partial charge in [0.2, 0.25) is 5.91 Å². The maximum atomic E-state index is 11.3. The minimum atomic E-state index is -0.490. The van der Waals surface area contributed by atoms with Crippen LogP contribution in [0, 0.1) is 31.9 Å². The highest BCUT2D eigenvalue weighted by molar-refractivity contribution is 14.1. The van der Waals surface area contributed by atoms with Gasteiger partial charge in [0.05, 0.1) is 16.7 Å². The second kappa shape index (κ2) is 5.58. The fraction of sp³-hybridized carbons (Fsp3) is 0.200. The summed E-state index contributed by atoms with van der Waals surface area (Å²) in [6.45, 7) is 1.66. The molecule has 0 aromatic heterocycles. The molecular weight excluding hydrogens is 337 g/mol. The molecule has 0 atom stereocenters. The van der Waals surface area contributed by atoms with Crippen molar-refractivity contribution in [2.24, 2.45) is 0 Å². The first kappa shape index (κ1) is 13.4. The molecule has 0 spiro atoms. The first-order chi connectivity index (χ1) is 7.95. The van der Waals surface area contributed by atoms with Crippen molar-refractivity contribution in [3.63, 3.8) is 0 Å². The number of aryl methyl sites for hydroxylation is 1. The van der Waals surface area contributed by atoms with Crippen LogP contribution >= 0.6 is 22.6 Å². The predicted molar refractivity (Wildman–Crippen MR) is 69.4 cm³/mol. The Morgan fingerprint density at radius 1 is 1.65 bits per heavy atom. The van der Waals surface area contributed by atoms with Gasteiger partial charge < -0.3 is 5.32 Å². The highest BCUT2D eigenvalue weighted by Gasteiger charge is 2.14. The molecule has 0 aliphatic carbocycles. The van der Waals surface area contributed by atoms with Crippen molar-refractivity contribution in [1.82, 2.24) is 0 Å². The van der Waals surface area contributed by atoms with E-state index in [9.17, 15) is 14.9 Å². The molecule has 1 aromatic rings. The molecule has 0 saturated heterocycles. The SMILES string of the molecule is Cc1cc([N+](=O)[O-])cc(I)c1NC(=O)CC#N. The Kier molecular flexibility index (Phi) is 4.39. The zero-order chi connectivity index (χ0) is 13.0.